The number of carbonyl (C=O) groups is 2. The molecule has 156 valence electrons. The Balaban J connectivity index is 1.71. The Hall–Kier alpha value is -2.90. The van der Waals surface area contributed by atoms with Crippen LogP contribution in [0.15, 0.2) is 53.9 Å². The van der Waals surface area contributed by atoms with Crippen molar-refractivity contribution in [1.82, 2.24) is 9.88 Å². The van der Waals surface area contributed by atoms with Crippen LogP contribution in [-0.2, 0) is 11.3 Å². The lowest BCUT2D eigenvalue weighted by atomic mass is 10.1. The van der Waals surface area contributed by atoms with E-state index < -0.39 is 5.97 Å². The lowest BCUT2D eigenvalue weighted by molar-refractivity contribution is -0.137. The summed E-state index contributed by atoms with van der Waals surface area (Å²) < 4.78 is 0. The maximum Gasteiger partial charge on any atom is 0.323 e. The quantitative estimate of drug-likeness (QED) is 0.548. The summed E-state index contributed by atoms with van der Waals surface area (Å²) >= 11 is 7.85. The van der Waals surface area contributed by atoms with Crippen molar-refractivity contribution in [3.05, 3.63) is 70.1 Å². The minimum absolute atomic E-state index is 0.319. The fourth-order valence-electron chi connectivity index (χ4n) is 2.99. The van der Waals surface area contributed by atoms with Gasteiger partial charge in [0.05, 0.1) is 5.69 Å². The Labute approximate surface area is 184 Å². The summed E-state index contributed by atoms with van der Waals surface area (Å²) in [5.74, 6) is -1.36. The molecule has 0 aliphatic rings. The third-order valence-corrected chi connectivity index (χ3v) is 5.82. The van der Waals surface area contributed by atoms with E-state index in [4.69, 9.17) is 21.7 Å². The van der Waals surface area contributed by atoms with Gasteiger partial charge in [-0.25, -0.2) is 4.98 Å². The van der Waals surface area contributed by atoms with Crippen molar-refractivity contribution in [2.24, 2.45) is 0 Å². The van der Waals surface area contributed by atoms with Crippen molar-refractivity contribution in [3.8, 4) is 11.3 Å². The number of thiazole rings is 1. The molecule has 0 atom stereocenters. The van der Waals surface area contributed by atoms with E-state index in [9.17, 15) is 9.59 Å². The van der Waals surface area contributed by atoms with Crippen LogP contribution in [0.5, 0.6) is 0 Å². The van der Waals surface area contributed by atoms with Gasteiger partial charge in [-0.15, -0.1) is 11.3 Å². The van der Waals surface area contributed by atoms with Crippen LogP contribution >= 0.6 is 22.9 Å². The molecule has 0 aliphatic heterocycles. The lowest BCUT2D eigenvalue weighted by Crippen LogP contribution is -2.31. The second-order valence-electron chi connectivity index (χ2n) is 6.76. The van der Waals surface area contributed by atoms with Gasteiger partial charge in [0.2, 0.25) is 0 Å². The van der Waals surface area contributed by atoms with Crippen LogP contribution in [0, 0.1) is 0 Å². The number of carbonyl (C=O) groups excluding carboxylic acids is 1. The summed E-state index contributed by atoms with van der Waals surface area (Å²) in [5, 5.41) is 12.4. The number of benzene rings is 2. The lowest BCUT2D eigenvalue weighted by Gasteiger charge is -2.20. The molecule has 1 aromatic heterocycles. The molecule has 0 fully saturated rings. The normalized spacial score (nSPS) is 10.6. The van der Waals surface area contributed by atoms with Gasteiger partial charge >= 0.3 is 5.97 Å². The maximum atomic E-state index is 12.3. The highest BCUT2D eigenvalue weighted by Gasteiger charge is 2.16. The van der Waals surface area contributed by atoms with E-state index in [1.165, 1.54) is 11.9 Å². The smallest absolute Gasteiger partial charge is 0.323 e. The zero-order valence-electron chi connectivity index (χ0n) is 16.7. The molecule has 2 aromatic carbocycles. The summed E-state index contributed by atoms with van der Waals surface area (Å²) in [6.07, 6.45) is 0. The molecule has 6 nitrogen and oxygen atoms in total. The second kappa shape index (κ2) is 9.73. The van der Waals surface area contributed by atoms with Gasteiger partial charge in [-0.2, -0.15) is 0 Å². The van der Waals surface area contributed by atoms with E-state index >= 15 is 0 Å². The van der Waals surface area contributed by atoms with Gasteiger partial charge in [-0.05, 0) is 30.7 Å². The third-order valence-electron chi connectivity index (χ3n) is 4.59. The summed E-state index contributed by atoms with van der Waals surface area (Å²) in [4.78, 5) is 31.2. The van der Waals surface area contributed by atoms with Crippen LogP contribution in [0.4, 0.5) is 5.13 Å². The van der Waals surface area contributed by atoms with Crippen LogP contribution in [0.1, 0.15) is 22.8 Å². The van der Waals surface area contributed by atoms with E-state index in [2.05, 4.69) is 11.8 Å². The van der Waals surface area contributed by atoms with Gasteiger partial charge in [0, 0.05) is 41.7 Å². The Kier molecular flexibility index (Phi) is 7.07. The van der Waals surface area contributed by atoms with Crippen LogP contribution in [0.2, 0.25) is 5.02 Å². The van der Waals surface area contributed by atoms with Crippen molar-refractivity contribution >= 4 is 39.9 Å². The van der Waals surface area contributed by atoms with Crippen molar-refractivity contribution in [3.63, 3.8) is 0 Å². The number of rotatable bonds is 8. The zero-order valence-corrected chi connectivity index (χ0v) is 18.3. The van der Waals surface area contributed by atoms with Gasteiger partial charge in [-0.3, -0.25) is 9.59 Å². The minimum atomic E-state index is -1.04. The van der Waals surface area contributed by atoms with Gasteiger partial charge in [0.25, 0.3) is 5.91 Å². The predicted molar refractivity (Wildman–Crippen MR) is 120 cm³/mol. The van der Waals surface area contributed by atoms with E-state index in [1.54, 1.807) is 23.5 Å². The maximum absolute atomic E-state index is 12.3. The number of carboxylic acid groups (broad SMARTS) is 1. The number of likely N-dealkylation sites (N-methyl/N-ethyl adjacent to an activating group) is 1. The molecular formula is C22H22ClN3O3S. The summed E-state index contributed by atoms with van der Waals surface area (Å²) in [5.41, 5.74) is 3.25. The third kappa shape index (κ3) is 5.17. The number of halogens is 1. The molecule has 0 saturated heterocycles. The van der Waals surface area contributed by atoms with Crippen molar-refractivity contribution < 1.29 is 14.7 Å². The number of amides is 1. The molecular weight excluding hydrogens is 422 g/mol. The largest absolute Gasteiger partial charge is 0.480 e. The fourth-order valence-corrected chi connectivity index (χ4v) is 4.11. The molecule has 1 heterocycles. The molecule has 0 bridgehead atoms. The number of nitrogens with zero attached hydrogens (tertiary/aromatic N) is 3. The summed E-state index contributed by atoms with van der Waals surface area (Å²) in [6.45, 7) is 3.15. The number of aliphatic carboxylic acids is 1. The molecule has 0 radical (unpaired) electrons. The van der Waals surface area contributed by atoms with Gasteiger partial charge < -0.3 is 14.9 Å². The van der Waals surface area contributed by atoms with Crippen molar-refractivity contribution in [2.75, 3.05) is 25.0 Å². The number of anilines is 1. The van der Waals surface area contributed by atoms with Gasteiger partial charge in [0.15, 0.2) is 5.13 Å². The van der Waals surface area contributed by atoms with Crippen LogP contribution in [0.25, 0.3) is 11.3 Å². The Bertz CT molecular complexity index is 1040. The van der Waals surface area contributed by atoms with Gasteiger partial charge in [0.1, 0.15) is 6.54 Å². The molecule has 30 heavy (non-hydrogen) atoms. The first-order valence-electron chi connectivity index (χ1n) is 9.40. The van der Waals surface area contributed by atoms with Crippen molar-refractivity contribution in [1.29, 1.82) is 0 Å². The first-order chi connectivity index (χ1) is 14.4. The van der Waals surface area contributed by atoms with Gasteiger partial charge in [-0.1, -0.05) is 41.9 Å². The van der Waals surface area contributed by atoms with E-state index in [0.29, 0.717) is 17.1 Å². The Morgan fingerprint density at radius 1 is 1.13 bits per heavy atom. The standard InChI is InChI=1S/C22H22ClN3O3S/c1-3-26(22-24-19(14-30-22)17-6-4-5-7-18(17)23)12-15-8-10-16(11-9-15)21(29)25(2)13-20(27)28/h4-11,14H,3,12-13H2,1-2H3,(H,27,28). The molecule has 0 saturated carbocycles. The minimum Gasteiger partial charge on any atom is -0.480 e. The zero-order chi connectivity index (χ0) is 21.7. The first kappa shape index (κ1) is 21.8. The van der Waals surface area contributed by atoms with Crippen LogP contribution < -0.4 is 4.90 Å². The topological polar surface area (TPSA) is 73.7 Å². The fraction of sp³-hybridized carbons (Fsp3) is 0.227. The highest BCUT2D eigenvalue weighted by molar-refractivity contribution is 7.14. The highest BCUT2D eigenvalue weighted by atomic mass is 35.5. The Morgan fingerprint density at radius 3 is 2.47 bits per heavy atom. The average molecular weight is 444 g/mol. The molecule has 1 N–H and O–H groups in total. The molecule has 8 heteroatoms. The number of hydrogen-bond donors (Lipinski definition) is 1. The second-order valence-corrected chi connectivity index (χ2v) is 8.00. The summed E-state index contributed by atoms with van der Waals surface area (Å²) in [7, 11) is 1.47. The van der Waals surface area contributed by atoms with E-state index in [0.717, 1.165) is 28.5 Å². The Morgan fingerprint density at radius 2 is 1.83 bits per heavy atom. The SMILES string of the molecule is CCN(Cc1ccc(C(=O)N(C)CC(=O)O)cc1)c1nc(-c2ccccc2Cl)cs1. The molecule has 3 aromatic rings. The number of aromatic nitrogens is 1. The van der Waals surface area contributed by atoms with E-state index in [-0.39, 0.29) is 12.5 Å². The summed E-state index contributed by atoms with van der Waals surface area (Å²) in [6, 6.07) is 14.8. The van der Waals surface area contributed by atoms with Crippen LogP contribution in [0.3, 0.4) is 0 Å². The molecule has 0 aliphatic carbocycles. The van der Waals surface area contributed by atoms with E-state index in [1.807, 2.05) is 41.8 Å². The number of hydrogen-bond acceptors (Lipinski definition) is 5. The molecule has 0 unspecified atom stereocenters. The number of carboxylic acids is 1. The van der Waals surface area contributed by atoms with Crippen molar-refractivity contribution in [2.45, 2.75) is 13.5 Å². The monoisotopic (exact) mass is 443 g/mol. The molecule has 0 spiro atoms. The van der Waals surface area contributed by atoms with Crippen LogP contribution in [-0.4, -0.2) is 47.0 Å². The predicted octanol–water partition coefficient (Wildman–Crippen LogP) is 4.65. The first-order valence-corrected chi connectivity index (χ1v) is 10.7. The highest BCUT2D eigenvalue weighted by Crippen LogP contribution is 2.32. The molecule has 1 amide bonds. The molecule has 3 rings (SSSR count). The average Bonchev–Trinajstić information content (AvgIpc) is 3.21.